The minimum absolute atomic E-state index is 0.134. The van der Waals surface area contributed by atoms with Gasteiger partial charge in [0.05, 0.1) is 5.02 Å². The Morgan fingerprint density at radius 1 is 1.11 bits per heavy atom. The van der Waals surface area contributed by atoms with Gasteiger partial charge in [-0.2, -0.15) is 0 Å². The molecule has 2 rings (SSSR count). The maximum atomic E-state index is 13.3. The van der Waals surface area contributed by atoms with Gasteiger partial charge < -0.3 is 5.73 Å². The monoisotopic (exact) mass is 283 g/mol. The number of rotatable bonds is 3. The van der Waals surface area contributed by atoms with Gasteiger partial charge in [0.25, 0.3) is 0 Å². The molecule has 1 atom stereocenters. The molecule has 1 unspecified atom stereocenters. The number of hydrogen-bond acceptors (Lipinski definition) is 1. The molecule has 0 heterocycles. The van der Waals surface area contributed by atoms with Crippen molar-refractivity contribution in [3.05, 3.63) is 69.5 Å². The normalized spacial score (nSPS) is 12.4. The SMILES string of the molecule is NC(Cc1cccc(F)c1Cl)c1cccc(Cl)c1. The predicted molar refractivity (Wildman–Crippen MR) is 73.5 cm³/mol. The Labute approximate surface area is 115 Å². The maximum absolute atomic E-state index is 13.3. The molecule has 0 aliphatic rings. The molecule has 0 aliphatic heterocycles. The lowest BCUT2D eigenvalue weighted by molar-refractivity contribution is 0.622. The summed E-state index contributed by atoms with van der Waals surface area (Å²) in [6.45, 7) is 0. The topological polar surface area (TPSA) is 26.0 Å². The second kappa shape index (κ2) is 5.70. The molecule has 0 spiro atoms. The lowest BCUT2D eigenvalue weighted by Gasteiger charge is -2.13. The van der Waals surface area contributed by atoms with Crippen molar-refractivity contribution in [2.75, 3.05) is 0 Å². The minimum atomic E-state index is -0.424. The average molecular weight is 284 g/mol. The van der Waals surface area contributed by atoms with Crippen LogP contribution in [0.4, 0.5) is 4.39 Å². The maximum Gasteiger partial charge on any atom is 0.142 e. The van der Waals surface area contributed by atoms with Crippen LogP contribution in [0.1, 0.15) is 17.2 Å². The number of nitrogens with two attached hydrogens (primary N) is 1. The fourth-order valence-electron chi connectivity index (χ4n) is 1.80. The summed E-state index contributed by atoms with van der Waals surface area (Å²) in [6.07, 6.45) is 0.469. The molecule has 1 nitrogen and oxygen atoms in total. The van der Waals surface area contributed by atoms with E-state index in [4.69, 9.17) is 28.9 Å². The highest BCUT2D eigenvalue weighted by Gasteiger charge is 2.12. The molecule has 0 saturated carbocycles. The molecule has 2 aromatic rings. The van der Waals surface area contributed by atoms with E-state index in [0.717, 1.165) is 5.56 Å². The molecule has 0 aromatic heterocycles. The van der Waals surface area contributed by atoms with Gasteiger partial charge in [0, 0.05) is 11.1 Å². The predicted octanol–water partition coefficient (Wildman–Crippen LogP) is 4.38. The zero-order valence-electron chi connectivity index (χ0n) is 9.54. The van der Waals surface area contributed by atoms with E-state index in [1.807, 2.05) is 12.1 Å². The van der Waals surface area contributed by atoms with Crippen molar-refractivity contribution in [2.24, 2.45) is 5.73 Å². The van der Waals surface area contributed by atoms with E-state index < -0.39 is 5.82 Å². The molecule has 0 amide bonds. The zero-order chi connectivity index (χ0) is 13.1. The van der Waals surface area contributed by atoms with E-state index in [0.29, 0.717) is 17.0 Å². The van der Waals surface area contributed by atoms with E-state index in [1.54, 1.807) is 24.3 Å². The fraction of sp³-hybridized carbons (Fsp3) is 0.143. The van der Waals surface area contributed by atoms with E-state index in [1.165, 1.54) is 6.07 Å². The lowest BCUT2D eigenvalue weighted by atomic mass is 9.99. The van der Waals surface area contributed by atoms with Crippen molar-refractivity contribution in [3.8, 4) is 0 Å². The van der Waals surface area contributed by atoms with Gasteiger partial charge in [0.2, 0.25) is 0 Å². The molecule has 4 heteroatoms. The number of hydrogen-bond donors (Lipinski definition) is 1. The Kier molecular flexibility index (Phi) is 4.23. The first kappa shape index (κ1) is 13.3. The first-order chi connectivity index (χ1) is 8.58. The first-order valence-corrected chi connectivity index (χ1v) is 6.27. The van der Waals surface area contributed by atoms with Gasteiger partial charge in [0.15, 0.2) is 0 Å². The minimum Gasteiger partial charge on any atom is -0.324 e. The molecule has 18 heavy (non-hydrogen) atoms. The highest BCUT2D eigenvalue weighted by atomic mass is 35.5. The largest absolute Gasteiger partial charge is 0.324 e. The van der Waals surface area contributed by atoms with Crippen LogP contribution < -0.4 is 5.73 Å². The van der Waals surface area contributed by atoms with E-state index in [-0.39, 0.29) is 11.1 Å². The standard InChI is InChI=1S/C14H12Cl2FN/c15-11-5-1-3-9(7-11)13(18)8-10-4-2-6-12(17)14(10)16/h1-7,13H,8,18H2. The van der Waals surface area contributed by atoms with Crippen LogP contribution in [-0.2, 0) is 6.42 Å². The molecule has 0 aliphatic carbocycles. The lowest BCUT2D eigenvalue weighted by Crippen LogP contribution is -2.13. The summed E-state index contributed by atoms with van der Waals surface area (Å²) in [6, 6.07) is 11.8. The Morgan fingerprint density at radius 3 is 2.56 bits per heavy atom. The van der Waals surface area contributed by atoms with Crippen LogP contribution in [0.15, 0.2) is 42.5 Å². The Hall–Kier alpha value is -1.09. The summed E-state index contributed by atoms with van der Waals surface area (Å²) >= 11 is 11.8. The molecule has 0 radical (unpaired) electrons. The quantitative estimate of drug-likeness (QED) is 0.889. The van der Waals surface area contributed by atoms with E-state index in [9.17, 15) is 4.39 Å². The van der Waals surface area contributed by atoms with Crippen molar-refractivity contribution in [2.45, 2.75) is 12.5 Å². The van der Waals surface area contributed by atoms with E-state index >= 15 is 0 Å². The van der Waals surface area contributed by atoms with Gasteiger partial charge in [0.1, 0.15) is 5.82 Å². The molecule has 0 saturated heterocycles. The molecule has 2 N–H and O–H groups in total. The summed E-state index contributed by atoms with van der Waals surface area (Å²) in [5, 5.41) is 0.767. The van der Waals surface area contributed by atoms with Gasteiger partial charge in [-0.15, -0.1) is 0 Å². The Morgan fingerprint density at radius 2 is 1.83 bits per heavy atom. The Balaban J connectivity index is 2.21. The van der Waals surface area contributed by atoms with Crippen LogP contribution in [0.25, 0.3) is 0 Å². The molecule has 2 aromatic carbocycles. The van der Waals surface area contributed by atoms with Gasteiger partial charge in [-0.25, -0.2) is 4.39 Å². The third-order valence-electron chi connectivity index (χ3n) is 2.75. The highest BCUT2D eigenvalue weighted by Crippen LogP contribution is 2.25. The van der Waals surface area contributed by atoms with Crippen LogP contribution in [0.2, 0.25) is 10.0 Å². The highest BCUT2D eigenvalue weighted by molar-refractivity contribution is 6.31. The average Bonchev–Trinajstić information content (AvgIpc) is 2.35. The van der Waals surface area contributed by atoms with Gasteiger partial charge in [-0.3, -0.25) is 0 Å². The Bertz CT molecular complexity index is 557. The summed E-state index contributed by atoms with van der Waals surface area (Å²) in [4.78, 5) is 0. The molecule has 0 bridgehead atoms. The van der Waals surface area contributed by atoms with Crippen LogP contribution in [0, 0.1) is 5.82 Å². The van der Waals surface area contributed by atoms with Crippen LogP contribution in [-0.4, -0.2) is 0 Å². The first-order valence-electron chi connectivity index (χ1n) is 5.52. The van der Waals surface area contributed by atoms with Crippen LogP contribution >= 0.6 is 23.2 Å². The summed E-state index contributed by atoms with van der Waals surface area (Å²) in [7, 11) is 0. The second-order valence-corrected chi connectivity index (χ2v) is 4.89. The van der Waals surface area contributed by atoms with Gasteiger partial charge in [-0.1, -0.05) is 47.5 Å². The van der Waals surface area contributed by atoms with Crippen molar-refractivity contribution in [1.29, 1.82) is 0 Å². The van der Waals surface area contributed by atoms with Gasteiger partial charge >= 0.3 is 0 Å². The van der Waals surface area contributed by atoms with E-state index in [2.05, 4.69) is 0 Å². The zero-order valence-corrected chi connectivity index (χ0v) is 11.0. The number of halogens is 3. The van der Waals surface area contributed by atoms with Crippen molar-refractivity contribution >= 4 is 23.2 Å². The molecular formula is C14H12Cl2FN. The smallest absolute Gasteiger partial charge is 0.142 e. The molecule has 0 fully saturated rings. The fourth-order valence-corrected chi connectivity index (χ4v) is 2.20. The molecular weight excluding hydrogens is 272 g/mol. The summed E-state index contributed by atoms with van der Waals surface area (Å²) in [5.41, 5.74) is 7.68. The van der Waals surface area contributed by atoms with Crippen LogP contribution in [0.5, 0.6) is 0 Å². The van der Waals surface area contributed by atoms with Gasteiger partial charge in [-0.05, 0) is 35.7 Å². The third kappa shape index (κ3) is 3.02. The third-order valence-corrected chi connectivity index (χ3v) is 3.41. The van der Waals surface area contributed by atoms with Crippen molar-refractivity contribution < 1.29 is 4.39 Å². The van der Waals surface area contributed by atoms with Crippen molar-refractivity contribution in [3.63, 3.8) is 0 Å². The molecule has 94 valence electrons. The van der Waals surface area contributed by atoms with Crippen molar-refractivity contribution in [1.82, 2.24) is 0 Å². The summed E-state index contributed by atoms with van der Waals surface area (Å²) < 4.78 is 13.3. The second-order valence-electron chi connectivity index (χ2n) is 4.08. The van der Waals surface area contributed by atoms with Crippen LogP contribution in [0.3, 0.4) is 0 Å². The number of benzene rings is 2. The summed E-state index contributed by atoms with van der Waals surface area (Å²) in [5.74, 6) is -0.424.